The van der Waals surface area contributed by atoms with Crippen molar-refractivity contribution < 1.29 is 9.18 Å². The van der Waals surface area contributed by atoms with E-state index < -0.39 is 0 Å². The molecule has 0 radical (unpaired) electrons. The summed E-state index contributed by atoms with van der Waals surface area (Å²) < 4.78 is 13.1. The number of aromatic amines is 1. The molecule has 6 heteroatoms. The number of carbonyl (C=O) groups excluding carboxylic acids is 1. The number of aromatic nitrogens is 1. The van der Waals surface area contributed by atoms with Crippen molar-refractivity contribution >= 4 is 11.6 Å². The summed E-state index contributed by atoms with van der Waals surface area (Å²) >= 11 is 0. The van der Waals surface area contributed by atoms with E-state index in [4.69, 9.17) is 0 Å². The first-order valence-electron chi connectivity index (χ1n) is 8.53. The van der Waals surface area contributed by atoms with Crippen LogP contribution < -0.4 is 16.2 Å². The average molecular weight is 343 g/mol. The molecule has 1 atom stereocenters. The zero-order valence-corrected chi connectivity index (χ0v) is 14.4. The summed E-state index contributed by atoms with van der Waals surface area (Å²) in [5, 5.41) is 6.13. The number of benzene rings is 1. The van der Waals surface area contributed by atoms with Crippen LogP contribution in [0.3, 0.4) is 0 Å². The third-order valence-corrected chi connectivity index (χ3v) is 4.30. The molecule has 0 bridgehead atoms. The van der Waals surface area contributed by atoms with Gasteiger partial charge in [-0.25, -0.2) is 4.39 Å². The number of H-pyrrole nitrogens is 1. The lowest BCUT2D eigenvalue weighted by Gasteiger charge is -2.27. The lowest BCUT2D eigenvalue weighted by molar-refractivity contribution is 0.0941. The van der Waals surface area contributed by atoms with Gasteiger partial charge < -0.3 is 15.6 Å². The van der Waals surface area contributed by atoms with E-state index in [9.17, 15) is 14.0 Å². The van der Waals surface area contributed by atoms with Gasteiger partial charge in [-0.05, 0) is 69.0 Å². The van der Waals surface area contributed by atoms with Crippen molar-refractivity contribution in [3.63, 3.8) is 0 Å². The van der Waals surface area contributed by atoms with Gasteiger partial charge in [-0.2, -0.15) is 0 Å². The van der Waals surface area contributed by atoms with Crippen LogP contribution in [0.25, 0.3) is 0 Å². The molecule has 1 amide bonds. The maximum Gasteiger partial charge on any atom is 0.261 e. The Morgan fingerprint density at radius 1 is 1.28 bits per heavy atom. The highest BCUT2D eigenvalue weighted by molar-refractivity contribution is 5.94. The molecule has 3 rings (SSSR count). The highest BCUT2D eigenvalue weighted by Gasteiger charge is 2.24. The zero-order valence-electron chi connectivity index (χ0n) is 14.4. The summed E-state index contributed by atoms with van der Waals surface area (Å²) in [5.41, 5.74) is 2.35. The number of aryl methyl sites for hydroxylation is 1. The molecule has 0 spiro atoms. The lowest BCUT2D eigenvalue weighted by atomic mass is 9.90. The van der Waals surface area contributed by atoms with Gasteiger partial charge in [0.25, 0.3) is 11.5 Å². The van der Waals surface area contributed by atoms with Crippen LogP contribution >= 0.6 is 0 Å². The summed E-state index contributed by atoms with van der Waals surface area (Å²) in [6.45, 7) is 3.70. The van der Waals surface area contributed by atoms with Crippen molar-refractivity contribution in [2.45, 2.75) is 45.2 Å². The van der Waals surface area contributed by atoms with Crippen LogP contribution in [0.5, 0.6) is 0 Å². The van der Waals surface area contributed by atoms with Crippen molar-refractivity contribution in [3.05, 3.63) is 63.3 Å². The fourth-order valence-corrected chi connectivity index (χ4v) is 3.15. The molecule has 2 aromatic rings. The quantitative estimate of drug-likeness (QED) is 0.798. The number of pyridine rings is 1. The van der Waals surface area contributed by atoms with Gasteiger partial charge in [0.1, 0.15) is 11.4 Å². The Morgan fingerprint density at radius 3 is 2.68 bits per heavy atom. The zero-order chi connectivity index (χ0) is 18.0. The molecule has 0 saturated heterocycles. The Balaban J connectivity index is 1.92. The fraction of sp³-hybridized carbons (Fsp3) is 0.368. The van der Waals surface area contributed by atoms with Crippen LogP contribution in [0.4, 0.5) is 10.1 Å². The minimum Gasteiger partial charge on any atom is -0.378 e. The summed E-state index contributed by atoms with van der Waals surface area (Å²) in [5.74, 6) is -0.656. The maximum absolute atomic E-state index is 13.1. The van der Waals surface area contributed by atoms with Crippen LogP contribution in [-0.4, -0.2) is 16.9 Å². The largest absolute Gasteiger partial charge is 0.378 e. The van der Waals surface area contributed by atoms with Crippen LogP contribution in [0.15, 0.2) is 35.1 Å². The van der Waals surface area contributed by atoms with Gasteiger partial charge >= 0.3 is 0 Å². The molecule has 0 aliphatic heterocycles. The van der Waals surface area contributed by atoms with E-state index in [-0.39, 0.29) is 34.9 Å². The van der Waals surface area contributed by atoms with Crippen molar-refractivity contribution in [2.24, 2.45) is 0 Å². The van der Waals surface area contributed by atoms with Crippen LogP contribution in [0.1, 0.15) is 54.3 Å². The topological polar surface area (TPSA) is 74.0 Å². The third-order valence-electron chi connectivity index (χ3n) is 4.30. The number of hydrogen-bond donors (Lipinski definition) is 3. The number of carbonyl (C=O) groups is 1. The molecule has 3 N–H and O–H groups in total. The number of halogens is 1. The molecule has 1 aromatic heterocycles. The van der Waals surface area contributed by atoms with E-state index in [1.54, 1.807) is 18.2 Å². The molecular formula is C19H22FN3O2. The molecule has 1 aliphatic rings. The SMILES string of the molecule is CC(C)NC(=O)c1cc2c([nH]c1=O)CCC[C@H]2Nc1ccc(F)cc1. The molecule has 0 saturated carbocycles. The van der Waals surface area contributed by atoms with Gasteiger partial charge in [0, 0.05) is 17.4 Å². The molecule has 5 nitrogen and oxygen atoms in total. The second kappa shape index (κ2) is 7.09. The van der Waals surface area contributed by atoms with Gasteiger partial charge in [0.15, 0.2) is 0 Å². The molecule has 0 fully saturated rings. The van der Waals surface area contributed by atoms with Crippen molar-refractivity contribution in [3.8, 4) is 0 Å². The summed E-state index contributed by atoms with van der Waals surface area (Å²) in [7, 11) is 0. The number of fused-ring (bicyclic) bond motifs is 1. The first kappa shape index (κ1) is 17.2. The normalized spacial score (nSPS) is 16.4. The predicted molar refractivity (Wildman–Crippen MR) is 95.4 cm³/mol. The Morgan fingerprint density at radius 2 is 2.00 bits per heavy atom. The van der Waals surface area contributed by atoms with Crippen molar-refractivity contribution in [1.29, 1.82) is 0 Å². The monoisotopic (exact) mass is 343 g/mol. The number of amides is 1. The number of rotatable bonds is 4. The molecule has 1 aromatic carbocycles. The Kier molecular flexibility index (Phi) is 4.88. The first-order valence-corrected chi connectivity index (χ1v) is 8.53. The van der Waals surface area contributed by atoms with E-state index in [0.717, 1.165) is 36.2 Å². The van der Waals surface area contributed by atoms with Gasteiger partial charge in [-0.15, -0.1) is 0 Å². The second-order valence-corrected chi connectivity index (χ2v) is 6.67. The molecule has 0 unspecified atom stereocenters. The summed E-state index contributed by atoms with van der Waals surface area (Å²) in [6.07, 6.45) is 2.58. The highest BCUT2D eigenvalue weighted by Crippen LogP contribution is 2.31. The standard InChI is InChI=1S/C19H22FN3O2/c1-11(2)21-18(24)15-10-14-16(4-3-5-17(14)23-19(15)25)22-13-8-6-12(20)7-9-13/h6-11,16,22H,3-5H2,1-2H3,(H,21,24)(H,23,25)/t16-/m1/s1. The minimum atomic E-state index is -0.370. The van der Waals surface area contributed by atoms with E-state index in [0.29, 0.717) is 0 Å². The van der Waals surface area contributed by atoms with Crippen LogP contribution in [-0.2, 0) is 6.42 Å². The smallest absolute Gasteiger partial charge is 0.261 e. The number of anilines is 1. The Hall–Kier alpha value is -2.63. The van der Waals surface area contributed by atoms with E-state index >= 15 is 0 Å². The number of hydrogen-bond acceptors (Lipinski definition) is 3. The third kappa shape index (κ3) is 3.90. The van der Waals surface area contributed by atoms with Crippen molar-refractivity contribution in [1.82, 2.24) is 10.3 Å². The fourth-order valence-electron chi connectivity index (χ4n) is 3.15. The average Bonchev–Trinajstić information content (AvgIpc) is 2.56. The molecular weight excluding hydrogens is 321 g/mol. The summed E-state index contributed by atoms with van der Waals surface area (Å²) in [6, 6.07) is 7.78. The number of nitrogens with one attached hydrogen (secondary N) is 3. The van der Waals surface area contributed by atoms with Gasteiger partial charge in [0.05, 0.1) is 6.04 Å². The Bertz CT molecular complexity index is 828. The predicted octanol–water partition coefficient (Wildman–Crippen LogP) is 3.14. The van der Waals surface area contributed by atoms with Gasteiger partial charge in [-0.1, -0.05) is 0 Å². The molecule has 1 heterocycles. The van der Waals surface area contributed by atoms with Crippen LogP contribution in [0.2, 0.25) is 0 Å². The van der Waals surface area contributed by atoms with E-state index in [2.05, 4.69) is 15.6 Å². The van der Waals surface area contributed by atoms with E-state index in [1.807, 2.05) is 13.8 Å². The maximum atomic E-state index is 13.1. The lowest BCUT2D eigenvalue weighted by Crippen LogP contribution is -2.35. The highest BCUT2D eigenvalue weighted by atomic mass is 19.1. The van der Waals surface area contributed by atoms with Gasteiger partial charge in [-0.3, -0.25) is 9.59 Å². The molecule has 25 heavy (non-hydrogen) atoms. The minimum absolute atomic E-state index is 0.0309. The Labute approximate surface area is 145 Å². The molecule has 1 aliphatic carbocycles. The van der Waals surface area contributed by atoms with Gasteiger partial charge in [0.2, 0.25) is 0 Å². The van der Waals surface area contributed by atoms with Crippen molar-refractivity contribution in [2.75, 3.05) is 5.32 Å². The first-order chi connectivity index (χ1) is 11.9. The van der Waals surface area contributed by atoms with E-state index in [1.165, 1.54) is 12.1 Å². The second-order valence-electron chi connectivity index (χ2n) is 6.67. The molecule has 132 valence electrons. The summed E-state index contributed by atoms with van der Waals surface area (Å²) in [4.78, 5) is 27.4. The van der Waals surface area contributed by atoms with Crippen LogP contribution in [0, 0.1) is 5.82 Å².